The minimum atomic E-state index is -3.32. The van der Waals surface area contributed by atoms with Crippen LogP contribution in [0, 0.1) is 0 Å². The lowest BCUT2D eigenvalue weighted by Crippen LogP contribution is -2.12. The van der Waals surface area contributed by atoms with Crippen molar-refractivity contribution in [2.24, 2.45) is 0 Å². The summed E-state index contributed by atoms with van der Waals surface area (Å²) < 4.78 is 32.1. The van der Waals surface area contributed by atoms with Gasteiger partial charge < -0.3 is 4.74 Å². The summed E-state index contributed by atoms with van der Waals surface area (Å²) in [4.78, 5) is 0. The average molecular weight is 298 g/mol. The van der Waals surface area contributed by atoms with Crippen molar-refractivity contribution in [3.8, 4) is 5.75 Å². The molecule has 112 valence electrons. The molecule has 0 saturated heterocycles. The molecule has 1 atom stereocenters. The molecule has 5 heteroatoms. The minimum Gasteiger partial charge on any atom is -0.496 e. The van der Waals surface area contributed by atoms with E-state index in [0.29, 0.717) is 5.92 Å². The monoisotopic (exact) mass is 298 g/mol. The fraction of sp³-hybridized carbons (Fsp3) is 0.600. The third-order valence-corrected chi connectivity index (χ3v) is 4.40. The zero-order valence-corrected chi connectivity index (χ0v) is 12.9. The molecular weight excluding hydrogens is 276 g/mol. The van der Waals surface area contributed by atoms with E-state index < -0.39 is 10.1 Å². The van der Waals surface area contributed by atoms with Crippen molar-refractivity contribution < 1.29 is 17.3 Å². The molecule has 0 heterocycles. The predicted molar refractivity (Wildman–Crippen MR) is 78.7 cm³/mol. The van der Waals surface area contributed by atoms with Gasteiger partial charge >= 0.3 is 0 Å². The van der Waals surface area contributed by atoms with Crippen LogP contribution in [-0.4, -0.2) is 28.4 Å². The van der Waals surface area contributed by atoms with Crippen molar-refractivity contribution in [2.45, 2.75) is 38.0 Å². The number of methoxy groups -OCH3 is 1. The summed E-state index contributed by atoms with van der Waals surface area (Å²) in [5, 5.41) is 0. The van der Waals surface area contributed by atoms with Crippen molar-refractivity contribution in [3.63, 3.8) is 0 Å². The molecule has 4 nitrogen and oxygen atoms in total. The third-order valence-electron chi connectivity index (χ3n) is 3.80. The lowest BCUT2D eigenvalue weighted by molar-refractivity contribution is 0.303. The Labute approximate surface area is 121 Å². The second kappa shape index (κ2) is 6.59. The molecule has 0 radical (unpaired) electrons. The maximum atomic E-state index is 10.9. The number of hydrogen-bond donors (Lipinski definition) is 0. The standard InChI is InChI=1S/C15H22O4S/c1-18-15-10-4-8-13-12(6-3-9-14(13)15)7-5-11-19-20(2,16)17/h4,8,10,12H,3,5-7,9,11H2,1-2H3. The molecule has 2 rings (SSSR count). The maximum absolute atomic E-state index is 10.9. The van der Waals surface area contributed by atoms with Gasteiger partial charge in [0.25, 0.3) is 10.1 Å². The second-order valence-electron chi connectivity index (χ2n) is 5.29. The van der Waals surface area contributed by atoms with Gasteiger partial charge in [-0.1, -0.05) is 12.1 Å². The van der Waals surface area contributed by atoms with E-state index in [0.717, 1.165) is 44.1 Å². The van der Waals surface area contributed by atoms with Crippen LogP contribution >= 0.6 is 0 Å². The summed E-state index contributed by atoms with van der Waals surface area (Å²) in [5.74, 6) is 1.46. The Hall–Kier alpha value is -1.07. The molecule has 0 saturated carbocycles. The topological polar surface area (TPSA) is 52.6 Å². The van der Waals surface area contributed by atoms with Gasteiger partial charge in [0, 0.05) is 0 Å². The number of ether oxygens (including phenoxy) is 1. The van der Waals surface area contributed by atoms with Gasteiger partial charge in [0.15, 0.2) is 0 Å². The number of fused-ring (bicyclic) bond motifs is 1. The molecule has 0 aromatic heterocycles. The molecule has 0 amide bonds. The normalized spacial score (nSPS) is 18.6. The van der Waals surface area contributed by atoms with E-state index in [4.69, 9.17) is 8.92 Å². The Balaban J connectivity index is 1.98. The van der Waals surface area contributed by atoms with E-state index in [1.807, 2.05) is 12.1 Å². The SMILES string of the molecule is COc1cccc2c1CCCC2CCCOS(C)(=O)=O. The molecular formula is C15H22O4S. The Morgan fingerprint density at radius 1 is 1.35 bits per heavy atom. The molecule has 1 unspecified atom stereocenters. The van der Waals surface area contributed by atoms with Crippen LogP contribution in [-0.2, 0) is 20.7 Å². The van der Waals surface area contributed by atoms with Gasteiger partial charge in [-0.2, -0.15) is 8.42 Å². The van der Waals surface area contributed by atoms with Gasteiger partial charge in [0.2, 0.25) is 0 Å². The molecule has 1 aliphatic rings. The average Bonchev–Trinajstić information content (AvgIpc) is 2.42. The summed E-state index contributed by atoms with van der Waals surface area (Å²) in [6.07, 6.45) is 6.18. The van der Waals surface area contributed by atoms with E-state index in [2.05, 4.69) is 6.07 Å². The summed E-state index contributed by atoms with van der Waals surface area (Å²) in [6, 6.07) is 6.20. The van der Waals surface area contributed by atoms with E-state index in [9.17, 15) is 8.42 Å². The molecule has 1 aromatic carbocycles. The van der Waals surface area contributed by atoms with Gasteiger partial charge in [-0.3, -0.25) is 4.18 Å². The summed E-state index contributed by atoms with van der Waals surface area (Å²) >= 11 is 0. The fourth-order valence-corrected chi connectivity index (χ4v) is 3.37. The van der Waals surface area contributed by atoms with Crippen LogP contribution in [0.4, 0.5) is 0 Å². The number of rotatable bonds is 6. The Bertz CT molecular complexity index is 551. The van der Waals surface area contributed by atoms with Crippen molar-refractivity contribution in [1.29, 1.82) is 0 Å². The Morgan fingerprint density at radius 3 is 2.85 bits per heavy atom. The first-order valence-electron chi connectivity index (χ1n) is 7.01. The van der Waals surface area contributed by atoms with Crippen LogP contribution in [0.3, 0.4) is 0 Å². The number of hydrogen-bond acceptors (Lipinski definition) is 4. The Kier molecular flexibility index (Phi) is 5.05. The van der Waals surface area contributed by atoms with Crippen LogP contribution in [0.1, 0.15) is 42.7 Å². The molecule has 0 spiro atoms. The first-order chi connectivity index (χ1) is 9.51. The summed E-state index contributed by atoms with van der Waals surface area (Å²) in [6.45, 7) is 0.272. The lowest BCUT2D eigenvalue weighted by atomic mass is 9.80. The zero-order chi connectivity index (χ0) is 14.6. The smallest absolute Gasteiger partial charge is 0.264 e. The summed E-state index contributed by atoms with van der Waals surface area (Å²) in [5.41, 5.74) is 2.67. The highest BCUT2D eigenvalue weighted by Crippen LogP contribution is 2.38. The molecule has 0 fully saturated rings. The Morgan fingerprint density at radius 2 is 2.15 bits per heavy atom. The van der Waals surface area contributed by atoms with Crippen molar-refractivity contribution in [2.75, 3.05) is 20.0 Å². The van der Waals surface area contributed by atoms with Gasteiger partial charge in [0.05, 0.1) is 20.0 Å². The van der Waals surface area contributed by atoms with Crippen LogP contribution < -0.4 is 4.74 Å². The number of benzene rings is 1. The van der Waals surface area contributed by atoms with Crippen LogP contribution in [0.25, 0.3) is 0 Å². The molecule has 0 N–H and O–H groups in total. The first-order valence-corrected chi connectivity index (χ1v) is 8.83. The summed E-state index contributed by atoms with van der Waals surface area (Å²) in [7, 11) is -1.61. The lowest BCUT2D eigenvalue weighted by Gasteiger charge is -2.26. The second-order valence-corrected chi connectivity index (χ2v) is 6.93. The highest BCUT2D eigenvalue weighted by molar-refractivity contribution is 7.85. The van der Waals surface area contributed by atoms with Crippen molar-refractivity contribution in [1.82, 2.24) is 0 Å². The first kappa shape index (κ1) is 15.3. The predicted octanol–water partition coefficient (Wildman–Crippen LogP) is 2.87. The quantitative estimate of drug-likeness (QED) is 0.598. The molecule has 20 heavy (non-hydrogen) atoms. The highest BCUT2D eigenvalue weighted by Gasteiger charge is 2.22. The molecule has 1 aliphatic carbocycles. The van der Waals surface area contributed by atoms with E-state index in [1.165, 1.54) is 11.1 Å². The third kappa shape index (κ3) is 3.96. The van der Waals surface area contributed by atoms with Crippen LogP contribution in [0.2, 0.25) is 0 Å². The van der Waals surface area contributed by atoms with Crippen LogP contribution in [0.5, 0.6) is 5.75 Å². The fourth-order valence-electron chi connectivity index (χ4n) is 2.94. The van der Waals surface area contributed by atoms with Gasteiger partial charge in [0.1, 0.15) is 5.75 Å². The largest absolute Gasteiger partial charge is 0.496 e. The maximum Gasteiger partial charge on any atom is 0.264 e. The molecule has 0 bridgehead atoms. The van der Waals surface area contributed by atoms with E-state index >= 15 is 0 Å². The van der Waals surface area contributed by atoms with Crippen molar-refractivity contribution in [3.05, 3.63) is 29.3 Å². The van der Waals surface area contributed by atoms with E-state index in [1.54, 1.807) is 7.11 Å². The van der Waals surface area contributed by atoms with Gasteiger partial charge in [-0.25, -0.2) is 0 Å². The highest BCUT2D eigenvalue weighted by atomic mass is 32.2. The molecule has 0 aliphatic heterocycles. The van der Waals surface area contributed by atoms with E-state index in [-0.39, 0.29) is 6.61 Å². The van der Waals surface area contributed by atoms with Gasteiger partial charge in [-0.15, -0.1) is 0 Å². The minimum absolute atomic E-state index is 0.272. The molecule has 1 aromatic rings. The van der Waals surface area contributed by atoms with Crippen LogP contribution in [0.15, 0.2) is 18.2 Å². The van der Waals surface area contributed by atoms with Gasteiger partial charge in [-0.05, 0) is 55.2 Å². The van der Waals surface area contributed by atoms with Crippen molar-refractivity contribution >= 4 is 10.1 Å². The zero-order valence-electron chi connectivity index (χ0n) is 12.1.